The standard InChI is InChI=1S/C13H11F2NO2S/c14-10-2-1-3-12(7-10)19(17,18)8-9-6-11(15)4-5-13(9)16/h1-7H,8,16H2. The molecule has 19 heavy (non-hydrogen) atoms. The van der Waals surface area contributed by atoms with Crippen molar-refractivity contribution in [3.63, 3.8) is 0 Å². The molecule has 2 aromatic carbocycles. The fraction of sp³-hybridized carbons (Fsp3) is 0.0769. The zero-order valence-corrected chi connectivity index (χ0v) is 10.6. The van der Waals surface area contributed by atoms with Crippen LogP contribution < -0.4 is 5.73 Å². The summed E-state index contributed by atoms with van der Waals surface area (Å²) >= 11 is 0. The SMILES string of the molecule is Nc1ccc(F)cc1CS(=O)(=O)c1cccc(F)c1. The fourth-order valence-electron chi connectivity index (χ4n) is 1.65. The van der Waals surface area contributed by atoms with E-state index in [-0.39, 0.29) is 16.1 Å². The van der Waals surface area contributed by atoms with E-state index in [0.29, 0.717) is 0 Å². The Bertz CT molecular complexity index is 714. The average Bonchev–Trinajstić information content (AvgIpc) is 2.33. The number of nitrogens with two attached hydrogens (primary N) is 1. The van der Waals surface area contributed by atoms with Gasteiger partial charge in [-0.1, -0.05) is 6.07 Å². The number of hydrogen-bond acceptors (Lipinski definition) is 3. The van der Waals surface area contributed by atoms with Crippen molar-refractivity contribution < 1.29 is 17.2 Å². The van der Waals surface area contributed by atoms with Crippen LogP contribution in [0.15, 0.2) is 47.4 Å². The lowest BCUT2D eigenvalue weighted by Gasteiger charge is -2.07. The summed E-state index contributed by atoms with van der Waals surface area (Å²) in [5.74, 6) is -1.69. The monoisotopic (exact) mass is 283 g/mol. The summed E-state index contributed by atoms with van der Waals surface area (Å²) in [5.41, 5.74) is 5.94. The lowest BCUT2D eigenvalue weighted by atomic mass is 10.2. The van der Waals surface area contributed by atoms with Crippen LogP contribution in [0.1, 0.15) is 5.56 Å². The van der Waals surface area contributed by atoms with Gasteiger partial charge < -0.3 is 5.73 Å². The van der Waals surface area contributed by atoms with Crippen molar-refractivity contribution in [3.05, 3.63) is 59.7 Å². The van der Waals surface area contributed by atoms with Crippen LogP contribution in [0, 0.1) is 11.6 Å². The molecule has 0 aliphatic rings. The van der Waals surface area contributed by atoms with Gasteiger partial charge in [0, 0.05) is 5.69 Å². The van der Waals surface area contributed by atoms with Crippen LogP contribution in [0.2, 0.25) is 0 Å². The smallest absolute Gasteiger partial charge is 0.182 e. The molecule has 0 atom stereocenters. The number of hydrogen-bond donors (Lipinski definition) is 1. The predicted octanol–water partition coefficient (Wildman–Crippen LogP) is 2.52. The van der Waals surface area contributed by atoms with Crippen molar-refractivity contribution in [2.45, 2.75) is 10.6 Å². The summed E-state index contributed by atoms with van der Waals surface area (Å²) in [6.45, 7) is 0. The summed E-state index contributed by atoms with van der Waals surface area (Å²) < 4.78 is 50.3. The largest absolute Gasteiger partial charge is 0.398 e. The highest BCUT2D eigenvalue weighted by molar-refractivity contribution is 7.90. The maximum atomic E-state index is 13.1. The lowest BCUT2D eigenvalue weighted by molar-refractivity contribution is 0.589. The van der Waals surface area contributed by atoms with Crippen molar-refractivity contribution in [2.24, 2.45) is 0 Å². The van der Waals surface area contributed by atoms with Crippen LogP contribution in [0.3, 0.4) is 0 Å². The van der Waals surface area contributed by atoms with Gasteiger partial charge in [0.1, 0.15) is 11.6 Å². The molecule has 3 nitrogen and oxygen atoms in total. The van der Waals surface area contributed by atoms with Gasteiger partial charge in [0.05, 0.1) is 10.6 Å². The van der Waals surface area contributed by atoms with E-state index in [1.54, 1.807) is 0 Å². The lowest BCUT2D eigenvalue weighted by Crippen LogP contribution is -2.07. The predicted molar refractivity (Wildman–Crippen MR) is 68.1 cm³/mol. The maximum Gasteiger partial charge on any atom is 0.182 e. The number of halogens is 2. The molecule has 100 valence electrons. The molecule has 0 fully saturated rings. The molecule has 0 spiro atoms. The van der Waals surface area contributed by atoms with Gasteiger partial charge >= 0.3 is 0 Å². The molecular weight excluding hydrogens is 272 g/mol. The third-order valence-electron chi connectivity index (χ3n) is 2.61. The third kappa shape index (κ3) is 3.08. The van der Waals surface area contributed by atoms with E-state index in [0.717, 1.165) is 24.3 Å². The van der Waals surface area contributed by atoms with Crippen molar-refractivity contribution in [2.75, 3.05) is 5.73 Å². The van der Waals surface area contributed by atoms with E-state index in [1.165, 1.54) is 18.2 Å². The van der Waals surface area contributed by atoms with Crippen LogP contribution in [0.5, 0.6) is 0 Å². The Kier molecular flexibility index (Phi) is 3.53. The second kappa shape index (κ2) is 4.97. The Labute approximate surface area is 109 Å². The Balaban J connectivity index is 2.39. The van der Waals surface area contributed by atoms with Crippen LogP contribution >= 0.6 is 0 Å². The van der Waals surface area contributed by atoms with E-state index in [2.05, 4.69) is 0 Å². The highest BCUT2D eigenvalue weighted by atomic mass is 32.2. The van der Waals surface area contributed by atoms with Gasteiger partial charge in [0.2, 0.25) is 0 Å². The molecule has 0 aliphatic heterocycles. The Morgan fingerprint density at radius 2 is 1.68 bits per heavy atom. The number of sulfone groups is 1. The number of anilines is 1. The zero-order chi connectivity index (χ0) is 14.0. The van der Waals surface area contributed by atoms with Crippen molar-refractivity contribution in [1.82, 2.24) is 0 Å². The summed E-state index contributed by atoms with van der Waals surface area (Å²) in [6, 6.07) is 8.16. The minimum atomic E-state index is -3.76. The fourth-order valence-corrected chi connectivity index (χ4v) is 3.05. The highest BCUT2D eigenvalue weighted by Crippen LogP contribution is 2.21. The van der Waals surface area contributed by atoms with Crippen molar-refractivity contribution >= 4 is 15.5 Å². The first-order valence-corrected chi connectivity index (χ1v) is 7.06. The van der Waals surface area contributed by atoms with Gasteiger partial charge in [0.25, 0.3) is 0 Å². The van der Waals surface area contributed by atoms with Gasteiger partial charge in [-0.15, -0.1) is 0 Å². The minimum absolute atomic E-state index is 0.156. The van der Waals surface area contributed by atoms with Crippen molar-refractivity contribution in [3.8, 4) is 0 Å². The van der Waals surface area contributed by atoms with E-state index >= 15 is 0 Å². The first-order valence-electron chi connectivity index (χ1n) is 5.41. The molecular formula is C13H11F2NO2S. The van der Waals surface area contributed by atoms with Gasteiger partial charge in [0.15, 0.2) is 9.84 Å². The van der Waals surface area contributed by atoms with E-state index in [9.17, 15) is 17.2 Å². The molecule has 2 aromatic rings. The molecule has 2 rings (SSSR count). The molecule has 0 aromatic heterocycles. The van der Waals surface area contributed by atoms with Crippen molar-refractivity contribution in [1.29, 1.82) is 0 Å². The number of rotatable bonds is 3. The Morgan fingerprint density at radius 1 is 1.00 bits per heavy atom. The van der Waals surface area contributed by atoms with E-state index < -0.39 is 27.2 Å². The summed E-state index contributed by atoms with van der Waals surface area (Å²) in [7, 11) is -3.76. The average molecular weight is 283 g/mol. The third-order valence-corrected chi connectivity index (χ3v) is 4.27. The molecule has 0 bridgehead atoms. The Morgan fingerprint density at radius 3 is 2.37 bits per heavy atom. The van der Waals surface area contributed by atoms with Gasteiger partial charge in [-0.2, -0.15) is 0 Å². The summed E-state index contributed by atoms with van der Waals surface area (Å²) in [4.78, 5) is -0.156. The quantitative estimate of drug-likeness (QED) is 0.880. The van der Waals surface area contributed by atoms with Gasteiger partial charge in [-0.3, -0.25) is 0 Å². The molecule has 0 heterocycles. The topological polar surface area (TPSA) is 60.2 Å². The van der Waals surface area contributed by atoms with Crippen LogP contribution in [-0.4, -0.2) is 8.42 Å². The summed E-state index contributed by atoms with van der Waals surface area (Å²) in [5, 5.41) is 0. The number of benzene rings is 2. The molecule has 0 amide bonds. The Hall–Kier alpha value is -1.95. The van der Waals surface area contributed by atoms with Gasteiger partial charge in [-0.25, -0.2) is 17.2 Å². The molecule has 0 aliphatic carbocycles. The molecule has 0 saturated heterocycles. The first kappa shape index (κ1) is 13.5. The van der Waals surface area contributed by atoms with E-state index in [4.69, 9.17) is 5.73 Å². The highest BCUT2D eigenvalue weighted by Gasteiger charge is 2.17. The normalized spacial score (nSPS) is 11.5. The van der Waals surface area contributed by atoms with Crippen LogP contribution in [0.25, 0.3) is 0 Å². The van der Waals surface area contributed by atoms with Crippen LogP contribution in [0.4, 0.5) is 14.5 Å². The second-order valence-corrected chi connectivity index (χ2v) is 6.05. The van der Waals surface area contributed by atoms with Gasteiger partial charge in [-0.05, 0) is 42.0 Å². The zero-order valence-electron chi connectivity index (χ0n) is 9.81. The molecule has 6 heteroatoms. The molecule has 0 saturated carbocycles. The molecule has 0 unspecified atom stereocenters. The maximum absolute atomic E-state index is 13.1. The first-order chi connectivity index (χ1) is 8.88. The van der Waals surface area contributed by atoms with Crippen LogP contribution in [-0.2, 0) is 15.6 Å². The number of nitrogen functional groups attached to an aromatic ring is 1. The van der Waals surface area contributed by atoms with E-state index in [1.807, 2.05) is 0 Å². The molecule has 2 N–H and O–H groups in total. The summed E-state index contributed by atoms with van der Waals surface area (Å²) in [6.07, 6.45) is 0. The molecule has 0 radical (unpaired) electrons. The minimum Gasteiger partial charge on any atom is -0.398 e. The second-order valence-electron chi connectivity index (χ2n) is 4.06.